The van der Waals surface area contributed by atoms with Crippen molar-refractivity contribution in [2.24, 2.45) is 0 Å². The largest absolute Gasteiger partial charge is 0.447 e. The van der Waals surface area contributed by atoms with E-state index in [0.717, 1.165) is 5.46 Å². The monoisotopic (exact) mass is 162 g/mol. The van der Waals surface area contributed by atoms with E-state index < -0.39 is 0 Å². The summed E-state index contributed by atoms with van der Waals surface area (Å²) in [7, 11) is 0. The number of hydrogen-bond donors (Lipinski definition) is 1. The summed E-state index contributed by atoms with van der Waals surface area (Å²) in [6.45, 7) is 6.67. The maximum atomic E-state index is 9.02. The summed E-state index contributed by atoms with van der Waals surface area (Å²) in [6, 6.07) is 9.59. The molecule has 64 valence electrons. The van der Waals surface area contributed by atoms with Crippen molar-refractivity contribution in [2.45, 2.75) is 13.7 Å². The minimum atomic E-state index is -0.341. The molecular formula is C10H15BO. The van der Waals surface area contributed by atoms with E-state index >= 15 is 0 Å². The zero-order valence-corrected chi connectivity index (χ0v) is 7.70. The molecule has 0 radical (unpaired) electrons. The molecule has 1 aromatic carbocycles. The highest BCUT2D eigenvalue weighted by molar-refractivity contribution is 6.64. The van der Waals surface area contributed by atoms with Gasteiger partial charge in [-0.3, -0.25) is 0 Å². The molecule has 1 aromatic rings. The molecule has 0 aliphatic rings. The average molecular weight is 162 g/mol. The lowest BCUT2D eigenvalue weighted by Gasteiger charge is -1.96. The van der Waals surface area contributed by atoms with Crippen LogP contribution in [0.2, 0.25) is 6.82 Å². The van der Waals surface area contributed by atoms with Crippen LogP contribution in [0.5, 0.6) is 0 Å². The van der Waals surface area contributed by atoms with Crippen LogP contribution in [-0.2, 0) is 0 Å². The van der Waals surface area contributed by atoms with Crippen molar-refractivity contribution >= 4 is 12.4 Å². The van der Waals surface area contributed by atoms with Crippen LogP contribution in [0.4, 0.5) is 0 Å². The Kier molecular flexibility index (Phi) is 6.11. The van der Waals surface area contributed by atoms with Crippen molar-refractivity contribution in [3.8, 4) is 0 Å². The van der Waals surface area contributed by atoms with Crippen LogP contribution in [0.15, 0.2) is 43.0 Å². The Bertz CT molecular complexity index is 206. The van der Waals surface area contributed by atoms with Crippen molar-refractivity contribution in [1.29, 1.82) is 0 Å². The maximum Gasteiger partial charge on any atom is 0.320 e. The van der Waals surface area contributed by atoms with Gasteiger partial charge < -0.3 is 5.02 Å². The molecule has 1 nitrogen and oxygen atoms in total. The second-order valence-electron chi connectivity index (χ2n) is 2.49. The molecule has 2 heteroatoms. The standard InChI is InChI=1S/C7H9BO.C3H6/c1-8(9)7-5-3-2-4-6-7;1-3-2/h2-6,9H,1H3;3H,1H2,2H3. The van der Waals surface area contributed by atoms with Gasteiger partial charge in [0.2, 0.25) is 0 Å². The first-order valence-corrected chi connectivity index (χ1v) is 4.02. The van der Waals surface area contributed by atoms with E-state index in [1.54, 1.807) is 12.9 Å². The Hall–Kier alpha value is -1.02. The molecule has 0 unspecified atom stereocenters. The fourth-order valence-electron chi connectivity index (χ4n) is 0.732. The molecule has 0 saturated carbocycles. The highest BCUT2D eigenvalue weighted by Gasteiger charge is 2.02. The molecule has 1 rings (SSSR count). The summed E-state index contributed by atoms with van der Waals surface area (Å²) >= 11 is 0. The number of benzene rings is 1. The van der Waals surface area contributed by atoms with Gasteiger partial charge in [0.25, 0.3) is 0 Å². The molecule has 0 atom stereocenters. The van der Waals surface area contributed by atoms with E-state index in [-0.39, 0.29) is 6.92 Å². The van der Waals surface area contributed by atoms with Gasteiger partial charge in [-0.15, -0.1) is 6.58 Å². The second kappa shape index (κ2) is 6.68. The van der Waals surface area contributed by atoms with Crippen LogP contribution in [0.1, 0.15) is 6.92 Å². The molecule has 0 aromatic heterocycles. The molecule has 1 N–H and O–H groups in total. The lowest BCUT2D eigenvalue weighted by molar-refractivity contribution is 0.594. The van der Waals surface area contributed by atoms with Gasteiger partial charge in [0.05, 0.1) is 0 Å². The topological polar surface area (TPSA) is 20.2 Å². The first-order chi connectivity index (χ1) is 5.72. The van der Waals surface area contributed by atoms with Crippen molar-refractivity contribution in [2.75, 3.05) is 0 Å². The number of rotatable bonds is 1. The summed E-state index contributed by atoms with van der Waals surface area (Å²) in [4.78, 5) is 0. The maximum absolute atomic E-state index is 9.02. The van der Waals surface area contributed by atoms with Crippen LogP contribution in [-0.4, -0.2) is 11.9 Å². The van der Waals surface area contributed by atoms with Gasteiger partial charge in [0, 0.05) is 0 Å². The Morgan fingerprint density at radius 2 is 1.75 bits per heavy atom. The van der Waals surface area contributed by atoms with E-state index in [0.29, 0.717) is 0 Å². The third-order valence-electron chi connectivity index (χ3n) is 1.28. The lowest BCUT2D eigenvalue weighted by atomic mass is 9.64. The van der Waals surface area contributed by atoms with Crippen molar-refractivity contribution in [1.82, 2.24) is 0 Å². The normalized spacial score (nSPS) is 7.92. The van der Waals surface area contributed by atoms with Crippen molar-refractivity contribution in [3.63, 3.8) is 0 Å². The van der Waals surface area contributed by atoms with Gasteiger partial charge in [0.1, 0.15) is 0 Å². The first-order valence-electron chi connectivity index (χ1n) is 4.02. The Labute approximate surface area is 74.9 Å². The van der Waals surface area contributed by atoms with Gasteiger partial charge >= 0.3 is 6.92 Å². The van der Waals surface area contributed by atoms with Gasteiger partial charge in [-0.1, -0.05) is 43.2 Å². The molecule has 0 bridgehead atoms. The fourth-order valence-corrected chi connectivity index (χ4v) is 0.732. The molecule has 0 saturated heterocycles. The van der Waals surface area contributed by atoms with Crippen molar-refractivity contribution in [3.05, 3.63) is 43.0 Å². The molecule has 12 heavy (non-hydrogen) atoms. The minimum Gasteiger partial charge on any atom is -0.447 e. The lowest BCUT2D eigenvalue weighted by Crippen LogP contribution is -2.25. The predicted octanol–water partition coefficient (Wildman–Crippen LogP) is 1.70. The average Bonchev–Trinajstić information content (AvgIpc) is 2.07. The number of hydrogen-bond acceptors (Lipinski definition) is 1. The van der Waals surface area contributed by atoms with Crippen LogP contribution in [0.3, 0.4) is 0 Å². The third kappa shape index (κ3) is 4.75. The summed E-state index contributed by atoms with van der Waals surface area (Å²) in [6.07, 6.45) is 1.75. The molecule has 0 heterocycles. The Balaban J connectivity index is 0.000000354. The van der Waals surface area contributed by atoms with E-state index in [1.165, 1.54) is 0 Å². The fraction of sp³-hybridized carbons (Fsp3) is 0.200. The molecular weight excluding hydrogens is 147 g/mol. The zero-order chi connectivity index (χ0) is 9.40. The Morgan fingerprint density at radius 1 is 1.33 bits per heavy atom. The third-order valence-corrected chi connectivity index (χ3v) is 1.28. The van der Waals surface area contributed by atoms with Crippen LogP contribution in [0, 0.1) is 0 Å². The molecule has 0 amide bonds. The SMILES string of the molecule is C=CC.CB(O)c1ccccc1. The quantitative estimate of drug-likeness (QED) is 0.492. The molecule has 0 aliphatic heterocycles. The highest BCUT2D eigenvalue weighted by Crippen LogP contribution is 1.83. The summed E-state index contributed by atoms with van der Waals surface area (Å²) in [5.74, 6) is 0. The van der Waals surface area contributed by atoms with Crippen LogP contribution >= 0.6 is 0 Å². The van der Waals surface area contributed by atoms with Crippen molar-refractivity contribution < 1.29 is 5.02 Å². The van der Waals surface area contributed by atoms with E-state index in [4.69, 9.17) is 5.02 Å². The summed E-state index contributed by atoms with van der Waals surface area (Å²) < 4.78 is 0. The summed E-state index contributed by atoms with van der Waals surface area (Å²) in [5, 5.41) is 9.02. The predicted molar refractivity (Wildman–Crippen MR) is 55.8 cm³/mol. The summed E-state index contributed by atoms with van der Waals surface area (Å²) in [5.41, 5.74) is 0.970. The minimum absolute atomic E-state index is 0.341. The van der Waals surface area contributed by atoms with Crippen LogP contribution < -0.4 is 5.46 Å². The zero-order valence-electron chi connectivity index (χ0n) is 7.70. The van der Waals surface area contributed by atoms with E-state index in [2.05, 4.69) is 6.58 Å². The van der Waals surface area contributed by atoms with Gasteiger partial charge in [-0.2, -0.15) is 0 Å². The van der Waals surface area contributed by atoms with E-state index in [9.17, 15) is 0 Å². The van der Waals surface area contributed by atoms with Gasteiger partial charge in [-0.25, -0.2) is 0 Å². The smallest absolute Gasteiger partial charge is 0.320 e. The van der Waals surface area contributed by atoms with Crippen LogP contribution in [0.25, 0.3) is 0 Å². The molecule has 0 aliphatic carbocycles. The highest BCUT2D eigenvalue weighted by atomic mass is 16.2. The number of allylic oxidation sites excluding steroid dienone is 1. The van der Waals surface area contributed by atoms with E-state index in [1.807, 2.05) is 37.3 Å². The van der Waals surface area contributed by atoms with Gasteiger partial charge in [-0.05, 0) is 12.4 Å². The Morgan fingerprint density at radius 3 is 2.00 bits per heavy atom. The molecule has 0 spiro atoms. The van der Waals surface area contributed by atoms with Gasteiger partial charge in [0.15, 0.2) is 0 Å². The second-order valence-corrected chi connectivity index (χ2v) is 2.49. The first kappa shape index (κ1) is 11.0. The molecule has 0 fully saturated rings.